The maximum Gasteiger partial charge on any atom is 0.0851 e. The molecule has 1 aliphatic rings. The molecule has 0 saturated carbocycles. The largest absolute Gasteiger partial charge is 0.388 e. The first-order valence-corrected chi connectivity index (χ1v) is 6.54. The molecule has 0 aliphatic carbocycles. The fraction of sp³-hybridized carbons (Fsp3) is 0.429. The second kappa shape index (κ2) is 6.90. The fourth-order valence-electron chi connectivity index (χ4n) is 1.94. The van der Waals surface area contributed by atoms with Crippen molar-refractivity contribution in [2.75, 3.05) is 32.8 Å². The van der Waals surface area contributed by atoms with Crippen LogP contribution in [0.3, 0.4) is 0 Å². The molecule has 1 aromatic rings. The third kappa shape index (κ3) is 4.42. The van der Waals surface area contributed by atoms with Gasteiger partial charge in [-0.05, 0) is 17.7 Å². The molecule has 1 unspecified atom stereocenters. The summed E-state index contributed by atoms with van der Waals surface area (Å²) < 4.78 is 5.27. The van der Waals surface area contributed by atoms with Gasteiger partial charge in [-0.1, -0.05) is 35.9 Å². The molecule has 18 heavy (non-hydrogen) atoms. The van der Waals surface area contributed by atoms with E-state index >= 15 is 0 Å². The summed E-state index contributed by atoms with van der Waals surface area (Å²) in [5, 5.41) is 10.6. The van der Waals surface area contributed by atoms with E-state index < -0.39 is 6.10 Å². The monoisotopic (exact) mass is 267 g/mol. The number of nitrogens with zero attached hydrogens (tertiary/aromatic N) is 1. The van der Waals surface area contributed by atoms with Gasteiger partial charge in [-0.15, -0.1) is 0 Å². The molecule has 0 bridgehead atoms. The van der Waals surface area contributed by atoms with Crippen molar-refractivity contribution in [2.24, 2.45) is 0 Å². The van der Waals surface area contributed by atoms with E-state index in [9.17, 15) is 5.11 Å². The summed E-state index contributed by atoms with van der Waals surface area (Å²) in [6, 6.07) is 7.57. The maximum absolute atomic E-state index is 9.93. The molecular weight excluding hydrogens is 250 g/mol. The van der Waals surface area contributed by atoms with E-state index in [4.69, 9.17) is 16.3 Å². The predicted molar refractivity (Wildman–Crippen MR) is 73.8 cm³/mol. The van der Waals surface area contributed by atoms with E-state index in [0.717, 1.165) is 31.9 Å². The third-order valence-corrected chi connectivity index (χ3v) is 3.14. The van der Waals surface area contributed by atoms with Gasteiger partial charge in [0.2, 0.25) is 0 Å². The zero-order valence-corrected chi connectivity index (χ0v) is 11.0. The van der Waals surface area contributed by atoms with E-state index in [0.29, 0.717) is 11.6 Å². The van der Waals surface area contributed by atoms with E-state index in [-0.39, 0.29) is 0 Å². The molecule has 2 rings (SSSR count). The van der Waals surface area contributed by atoms with Crippen LogP contribution in [0, 0.1) is 0 Å². The highest BCUT2D eigenvalue weighted by atomic mass is 35.5. The number of ether oxygens (including phenoxy) is 1. The van der Waals surface area contributed by atoms with Gasteiger partial charge in [-0.25, -0.2) is 0 Å². The molecule has 1 aliphatic heterocycles. The number of aliphatic hydroxyl groups is 1. The molecule has 1 N–H and O–H groups in total. The highest BCUT2D eigenvalue weighted by Gasteiger charge is 2.12. The Labute approximate surface area is 113 Å². The van der Waals surface area contributed by atoms with E-state index in [1.807, 2.05) is 30.3 Å². The highest BCUT2D eigenvalue weighted by molar-refractivity contribution is 6.30. The summed E-state index contributed by atoms with van der Waals surface area (Å²) in [7, 11) is 0. The molecule has 0 spiro atoms. The Hall–Kier alpha value is -0.870. The molecule has 1 fully saturated rings. The molecule has 4 heteroatoms. The first kappa shape index (κ1) is 13.6. The Kier molecular flexibility index (Phi) is 5.20. The number of hydrogen-bond donors (Lipinski definition) is 1. The van der Waals surface area contributed by atoms with Crippen LogP contribution in [0.15, 0.2) is 30.3 Å². The van der Waals surface area contributed by atoms with Crippen molar-refractivity contribution in [2.45, 2.75) is 6.10 Å². The lowest BCUT2D eigenvalue weighted by atomic mass is 10.2. The van der Waals surface area contributed by atoms with Crippen molar-refractivity contribution in [3.63, 3.8) is 0 Å². The average molecular weight is 268 g/mol. The Balaban J connectivity index is 1.84. The molecule has 0 radical (unpaired) electrons. The maximum atomic E-state index is 9.93. The minimum absolute atomic E-state index is 0.456. The Bertz CT molecular complexity index is 403. The molecule has 0 amide bonds. The van der Waals surface area contributed by atoms with Gasteiger partial charge in [0.1, 0.15) is 0 Å². The van der Waals surface area contributed by atoms with Crippen molar-refractivity contribution in [1.82, 2.24) is 4.90 Å². The van der Waals surface area contributed by atoms with Gasteiger partial charge in [-0.2, -0.15) is 0 Å². The number of hydrogen-bond acceptors (Lipinski definition) is 3. The summed E-state index contributed by atoms with van der Waals surface area (Å²) >= 11 is 5.90. The lowest BCUT2D eigenvalue weighted by Gasteiger charge is -2.27. The average Bonchev–Trinajstić information content (AvgIpc) is 2.38. The quantitative estimate of drug-likeness (QED) is 0.906. The van der Waals surface area contributed by atoms with Crippen molar-refractivity contribution in [3.8, 4) is 0 Å². The zero-order chi connectivity index (χ0) is 12.8. The van der Waals surface area contributed by atoms with E-state index in [1.54, 1.807) is 6.08 Å². The van der Waals surface area contributed by atoms with Gasteiger partial charge in [-0.3, -0.25) is 4.90 Å². The van der Waals surface area contributed by atoms with Crippen molar-refractivity contribution in [1.29, 1.82) is 0 Å². The Morgan fingerprint density at radius 1 is 1.39 bits per heavy atom. The van der Waals surface area contributed by atoms with Crippen LogP contribution in [0.5, 0.6) is 0 Å². The number of aliphatic hydroxyl groups excluding tert-OH is 1. The Morgan fingerprint density at radius 3 is 2.89 bits per heavy atom. The molecule has 1 saturated heterocycles. The number of benzene rings is 1. The van der Waals surface area contributed by atoms with Gasteiger partial charge >= 0.3 is 0 Å². The van der Waals surface area contributed by atoms with Crippen LogP contribution in [0.4, 0.5) is 0 Å². The van der Waals surface area contributed by atoms with Crippen LogP contribution in [0.1, 0.15) is 5.56 Å². The predicted octanol–water partition coefficient (Wildman–Crippen LogP) is 2.05. The lowest BCUT2D eigenvalue weighted by Crippen LogP contribution is -2.40. The minimum atomic E-state index is -0.456. The summed E-state index contributed by atoms with van der Waals surface area (Å²) in [5.41, 5.74) is 1.00. The standard InChI is InChI=1S/C14H18ClNO2/c15-13-3-1-2-12(10-13)4-5-14(17)11-16-6-8-18-9-7-16/h1-5,10,14,17H,6-9,11H2/b5-4-. The highest BCUT2D eigenvalue weighted by Crippen LogP contribution is 2.12. The number of rotatable bonds is 4. The van der Waals surface area contributed by atoms with Gasteiger partial charge in [0.15, 0.2) is 0 Å². The summed E-state index contributed by atoms with van der Waals surface area (Å²) in [5.74, 6) is 0. The summed E-state index contributed by atoms with van der Waals surface area (Å²) in [6.45, 7) is 3.94. The lowest BCUT2D eigenvalue weighted by molar-refractivity contribution is 0.0223. The van der Waals surface area contributed by atoms with Gasteiger partial charge in [0, 0.05) is 24.7 Å². The van der Waals surface area contributed by atoms with Crippen molar-refractivity contribution in [3.05, 3.63) is 40.9 Å². The van der Waals surface area contributed by atoms with E-state index in [2.05, 4.69) is 4.90 Å². The first-order valence-electron chi connectivity index (χ1n) is 6.16. The third-order valence-electron chi connectivity index (χ3n) is 2.91. The molecular formula is C14H18ClNO2. The molecule has 1 heterocycles. The second-order valence-electron chi connectivity index (χ2n) is 4.39. The minimum Gasteiger partial charge on any atom is -0.388 e. The summed E-state index contributed by atoms with van der Waals surface area (Å²) in [4.78, 5) is 2.20. The molecule has 1 aromatic carbocycles. The smallest absolute Gasteiger partial charge is 0.0851 e. The molecule has 0 aromatic heterocycles. The molecule has 98 valence electrons. The van der Waals surface area contributed by atoms with Crippen molar-refractivity contribution >= 4 is 17.7 Å². The number of β-amino-alcohol motifs (C(OH)–C–C–N with tert-alkyl or cyclic N) is 1. The first-order chi connectivity index (χ1) is 8.74. The van der Waals surface area contributed by atoms with Crippen LogP contribution in [-0.2, 0) is 4.74 Å². The SMILES string of the molecule is OC(/C=C\c1cccc(Cl)c1)CN1CCOCC1. The number of morpholine rings is 1. The van der Waals surface area contributed by atoms with Gasteiger partial charge in [0.05, 0.1) is 19.3 Å². The van der Waals surface area contributed by atoms with Crippen LogP contribution in [0.2, 0.25) is 5.02 Å². The van der Waals surface area contributed by atoms with Crippen molar-refractivity contribution < 1.29 is 9.84 Å². The molecule has 3 nitrogen and oxygen atoms in total. The zero-order valence-electron chi connectivity index (χ0n) is 10.3. The summed E-state index contributed by atoms with van der Waals surface area (Å²) in [6.07, 6.45) is 3.25. The topological polar surface area (TPSA) is 32.7 Å². The molecule has 1 atom stereocenters. The second-order valence-corrected chi connectivity index (χ2v) is 4.83. The van der Waals surface area contributed by atoms with Crippen LogP contribution in [0.25, 0.3) is 6.08 Å². The van der Waals surface area contributed by atoms with E-state index in [1.165, 1.54) is 0 Å². The van der Waals surface area contributed by atoms with Crippen LogP contribution in [-0.4, -0.2) is 49.0 Å². The number of halogens is 1. The normalized spacial score (nSPS) is 19.2. The van der Waals surface area contributed by atoms with Crippen LogP contribution >= 0.6 is 11.6 Å². The van der Waals surface area contributed by atoms with Gasteiger partial charge in [0.25, 0.3) is 0 Å². The fourth-order valence-corrected chi connectivity index (χ4v) is 2.14. The Morgan fingerprint density at radius 2 is 2.17 bits per heavy atom. The van der Waals surface area contributed by atoms with Gasteiger partial charge < -0.3 is 9.84 Å². The van der Waals surface area contributed by atoms with Crippen LogP contribution < -0.4 is 0 Å².